The van der Waals surface area contributed by atoms with Crippen molar-refractivity contribution in [1.29, 1.82) is 0 Å². The average molecular weight is 353 g/mol. The highest BCUT2D eigenvalue weighted by Gasteiger charge is 2.01. The van der Waals surface area contributed by atoms with Crippen molar-refractivity contribution in [2.45, 2.75) is 109 Å². The molecule has 1 atom stereocenters. The van der Waals surface area contributed by atoms with Crippen LogP contribution in [0.5, 0.6) is 0 Å². The van der Waals surface area contributed by atoms with Crippen molar-refractivity contribution in [3.8, 4) is 0 Å². The van der Waals surface area contributed by atoms with Crippen LogP contribution >= 0.6 is 0 Å². The lowest BCUT2D eigenvalue weighted by atomic mass is 10.0. The number of unbranched alkanes of at least 4 members (excludes halogenated alkanes) is 9. The van der Waals surface area contributed by atoms with Crippen LogP contribution in [0.3, 0.4) is 0 Å². The topological polar surface area (TPSA) is 57.5 Å². The molecule has 0 heterocycles. The van der Waals surface area contributed by atoms with Crippen molar-refractivity contribution >= 4 is 5.97 Å². The van der Waals surface area contributed by atoms with Gasteiger partial charge < -0.3 is 10.2 Å². The first-order valence-corrected chi connectivity index (χ1v) is 10.4. The van der Waals surface area contributed by atoms with Gasteiger partial charge in [0.25, 0.3) is 0 Å². The molecular weight excluding hydrogens is 312 g/mol. The highest BCUT2D eigenvalue weighted by atomic mass is 16.4. The Balaban J connectivity index is 3.31. The van der Waals surface area contributed by atoms with E-state index in [4.69, 9.17) is 5.11 Å². The van der Waals surface area contributed by atoms with Crippen molar-refractivity contribution in [2.75, 3.05) is 0 Å². The fourth-order valence-electron chi connectivity index (χ4n) is 2.80. The zero-order chi connectivity index (χ0) is 18.6. The van der Waals surface area contributed by atoms with Gasteiger partial charge in [-0.05, 0) is 32.1 Å². The fraction of sp³-hybridized carbons (Fsp3) is 0.773. The number of hydrogen-bond acceptors (Lipinski definition) is 2. The van der Waals surface area contributed by atoms with Gasteiger partial charge in [-0.15, -0.1) is 0 Å². The van der Waals surface area contributed by atoms with E-state index in [1.807, 2.05) is 0 Å². The summed E-state index contributed by atoms with van der Waals surface area (Å²) < 4.78 is 0. The van der Waals surface area contributed by atoms with Crippen LogP contribution in [0.2, 0.25) is 0 Å². The third-order valence-corrected chi connectivity index (χ3v) is 4.42. The first-order chi connectivity index (χ1) is 12.2. The van der Waals surface area contributed by atoms with E-state index in [1.54, 1.807) is 0 Å². The molecule has 0 fully saturated rings. The number of carboxylic acid groups (broad SMARTS) is 1. The molecule has 0 saturated heterocycles. The molecule has 146 valence electrons. The summed E-state index contributed by atoms with van der Waals surface area (Å²) in [5.41, 5.74) is 0. The van der Waals surface area contributed by atoms with E-state index in [9.17, 15) is 9.90 Å². The number of carbonyl (C=O) groups is 1. The van der Waals surface area contributed by atoms with Crippen molar-refractivity contribution in [3.05, 3.63) is 24.3 Å². The second-order valence-corrected chi connectivity index (χ2v) is 6.97. The van der Waals surface area contributed by atoms with Crippen molar-refractivity contribution < 1.29 is 15.0 Å². The third kappa shape index (κ3) is 20.9. The van der Waals surface area contributed by atoms with E-state index < -0.39 is 5.97 Å². The lowest BCUT2D eigenvalue weighted by Crippen LogP contribution is -2.04. The Hall–Kier alpha value is -1.09. The van der Waals surface area contributed by atoms with Crippen LogP contribution in [0, 0.1) is 0 Å². The van der Waals surface area contributed by atoms with Gasteiger partial charge in [-0.3, -0.25) is 4.79 Å². The van der Waals surface area contributed by atoms with Crippen molar-refractivity contribution in [3.63, 3.8) is 0 Å². The molecule has 0 aliphatic heterocycles. The van der Waals surface area contributed by atoms with Gasteiger partial charge in [-0.2, -0.15) is 0 Å². The first-order valence-electron chi connectivity index (χ1n) is 10.4. The minimum atomic E-state index is -0.683. The molecule has 0 aromatic rings. The summed E-state index contributed by atoms with van der Waals surface area (Å²) in [7, 11) is 0. The molecule has 2 N–H and O–H groups in total. The summed E-state index contributed by atoms with van der Waals surface area (Å²) in [6, 6.07) is 0. The zero-order valence-corrected chi connectivity index (χ0v) is 16.3. The smallest absolute Gasteiger partial charge is 0.303 e. The maximum Gasteiger partial charge on any atom is 0.303 e. The molecule has 1 unspecified atom stereocenters. The average Bonchev–Trinajstić information content (AvgIpc) is 2.58. The molecule has 0 aromatic carbocycles. The van der Waals surface area contributed by atoms with Gasteiger partial charge in [0.2, 0.25) is 0 Å². The van der Waals surface area contributed by atoms with E-state index in [2.05, 4.69) is 31.2 Å². The van der Waals surface area contributed by atoms with Crippen LogP contribution in [-0.4, -0.2) is 22.3 Å². The second kappa shape index (κ2) is 19.2. The molecule has 3 heteroatoms. The summed E-state index contributed by atoms with van der Waals surface area (Å²) in [6.07, 6.45) is 24.1. The molecular formula is C22H40O3. The van der Waals surface area contributed by atoms with Gasteiger partial charge in [-0.1, -0.05) is 89.0 Å². The van der Waals surface area contributed by atoms with E-state index in [1.165, 1.54) is 44.9 Å². The Bertz CT molecular complexity index is 347. The molecule has 0 rings (SSSR count). The largest absolute Gasteiger partial charge is 0.481 e. The number of aliphatic hydroxyl groups is 1. The SMILES string of the molecule is CCCCC=CCC=CCC(O)CCCCCCCCCCC(=O)O. The first kappa shape index (κ1) is 23.9. The number of hydrogen-bond donors (Lipinski definition) is 2. The number of aliphatic carboxylic acids is 1. The summed E-state index contributed by atoms with van der Waals surface area (Å²) in [6.45, 7) is 2.21. The van der Waals surface area contributed by atoms with Crippen LogP contribution in [0.15, 0.2) is 24.3 Å². The summed E-state index contributed by atoms with van der Waals surface area (Å²) in [5.74, 6) is -0.683. The molecule has 0 amide bonds. The van der Waals surface area contributed by atoms with Gasteiger partial charge in [0.05, 0.1) is 6.10 Å². The molecule has 0 aliphatic rings. The van der Waals surface area contributed by atoms with Crippen LogP contribution < -0.4 is 0 Å². The predicted molar refractivity (Wildman–Crippen MR) is 107 cm³/mol. The quantitative estimate of drug-likeness (QED) is 0.221. The second-order valence-electron chi connectivity index (χ2n) is 6.97. The zero-order valence-electron chi connectivity index (χ0n) is 16.3. The molecule has 25 heavy (non-hydrogen) atoms. The van der Waals surface area contributed by atoms with Crippen LogP contribution in [0.4, 0.5) is 0 Å². The van der Waals surface area contributed by atoms with Gasteiger partial charge in [0.1, 0.15) is 0 Å². The van der Waals surface area contributed by atoms with E-state index in [0.29, 0.717) is 6.42 Å². The summed E-state index contributed by atoms with van der Waals surface area (Å²) >= 11 is 0. The third-order valence-electron chi connectivity index (χ3n) is 4.42. The number of carboxylic acids is 1. The molecule has 0 radical (unpaired) electrons. The monoisotopic (exact) mass is 352 g/mol. The van der Waals surface area contributed by atoms with E-state index >= 15 is 0 Å². The standard InChI is InChI=1S/C22H40O3/c1-2-3-4-5-6-9-12-15-18-21(23)19-16-13-10-7-8-11-14-17-20-22(24)25/h5-6,12,15,21,23H,2-4,7-11,13-14,16-20H2,1H3,(H,24,25). The number of aliphatic hydroxyl groups excluding tert-OH is 1. The molecule has 3 nitrogen and oxygen atoms in total. The lowest BCUT2D eigenvalue weighted by Gasteiger charge is -2.07. The van der Waals surface area contributed by atoms with E-state index in [-0.39, 0.29) is 6.10 Å². The normalized spacial score (nSPS) is 13.0. The molecule has 0 spiro atoms. The van der Waals surface area contributed by atoms with Gasteiger partial charge in [0.15, 0.2) is 0 Å². The van der Waals surface area contributed by atoms with Crippen LogP contribution in [0.25, 0.3) is 0 Å². The van der Waals surface area contributed by atoms with Crippen LogP contribution in [-0.2, 0) is 4.79 Å². The Morgan fingerprint density at radius 3 is 2.08 bits per heavy atom. The predicted octanol–water partition coefficient (Wildman–Crippen LogP) is 6.42. The van der Waals surface area contributed by atoms with Gasteiger partial charge in [-0.25, -0.2) is 0 Å². The molecule has 0 saturated carbocycles. The highest BCUT2D eigenvalue weighted by Crippen LogP contribution is 2.12. The Kier molecular flexibility index (Phi) is 18.4. The maximum absolute atomic E-state index is 10.4. The van der Waals surface area contributed by atoms with Crippen molar-refractivity contribution in [1.82, 2.24) is 0 Å². The maximum atomic E-state index is 10.4. The lowest BCUT2D eigenvalue weighted by molar-refractivity contribution is -0.137. The molecule has 0 aromatic heterocycles. The molecule has 0 bridgehead atoms. The number of allylic oxidation sites excluding steroid dienone is 3. The van der Waals surface area contributed by atoms with Crippen LogP contribution in [0.1, 0.15) is 103 Å². The Labute approximate surface area is 155 Å². The number of rotatable bonds is 18. The van der Waals surface area contributed by atoms with Gasteiger partial charge >= 0.3 is 5.97 Å². The molecule has 0 aliphatic carbocycles. The highest BCUT2D eigenvalue weighted by molar-refractivity contribution is 5.66. The Morgan fingerprint density at radius 2 is 1.44 bits per heavy atom. The van der Waals surface area contributed by atoms with E-state index in [0.717, 1.165) is 44.9 Å². The fourth-order valence-corrected chi connectivity index (χ4v) is 2.80. The summed E-state index contributed by atoms with van der Waals surface area (Å²) in [4.78, 5) is 10.4. The van der Waals surface area contributed by atoms with Crippen molar-refractivity contribution in [2.24, 2.45) is 0 Å². The van der Waals surface area contributed by atoms with Gasteiger partial charge in [0, 0.05) is 6.42 Å². The summed E-state index contributed by atoms with van der Waals surface area (Å²) in [5, 5.41) is 18.5. The Morgan fingerprint density at radius 1 is 0.840 bits per heavy atom. The minimum absolute atomic E-state index is 0.198. The minimum Gasteiger partial charge on any atom is -0.481 e.